The Morgan fingerprint density at radius 1 is 1.07 bits per heavy atom. The summed E-state index contributed by atoms with van der Waals surface area (Å²) >= 11 is 0. The molecule has 0 aliphatic rings. The highest BCUT2D eigenvalue weighted by Crippen LogP contribution is 2.21. The minimum absolute atomic E-state index is 0.918. The first-order valence-electron chi connectivity index (χ1n) is 4.77. The second-order valence-corrected chi connectivity index (χ2v) is 3.36. The van der Waals surface area contributed by atoms with Crippen molar-refractivity contribution in [3.05, 3.63) is 48.9 Å². The van der Waals surface area contributed by atoms with Crippen molar-refractivity contribution in [2.45, 2.75) is 0 Å². The summed E-state index contributed by atoms with van der Waals surface area (Å²) < 4.78 is 0. The third-order valence-corrected chi connectivity index (χ3v) is 2.39. The van der Waals surface area contributed by atoms with Gasteiger partial charge in [-0.1, -0.05) is 18.2 Å². The monoisotopic (exact) mass is 195 g/mol. The van der Waals surface area contributed by atoms with Crippen LogP contribution in [0.3, 0.4) is 0 Å². The molecule has 0 unspecified atom stereocenters. The Labute approximate surface area is 86.8 Å². The summed E-state index contributed by atoms with van der Waals surface area (Å²) in [5.74, 6) is 0. The fourth-order valence-electron chi connectivity index (χ4n) is 1.66. The van der Waals surface area contributed by atoms with Crippen LogP contribution in [-0.4, -0.2) is 15.0 Å². The minimum Gasteiger partial charge on any atom is -0.353 e. The van der Waals surface area contributed by atoms with Gasteiger partial charge in [-0.05, 0) is 18.2 Å². The van der Waals surface area contributed by atoms with Gasteiger partial charge in [0.15, 0.2) is 0 Å². The van der Waals surface area contributed by atoms with E-state index in [1.54, 1.807) is 12.5 Å². The third-order valence-electron chi connectivity index (χ3n) is 2.39. The Kier molecular flexibility index (Phi) is 1.75. The molecule has 3 aromatic rings. The van der Waals surface area contributed by atoms with E-state index in [9.17, 15) is 0 Å². The topological polar surface area (TPSA) is 41.6 Å². The van der Waals surface area contributed by atoms with Gasteiger partial charge in [-0.25, -0.2) is 9.97 Å². The lowest BCUT2D eigenvalue weighted by Gasteiger charge is -1.93. The normalized spacial score (nSPS) is 10.7. The molecule has 2 heterocycles. The van der Waals surface area contributed by atoms with Gasteiger partial charge in [0.1, 0.15) is 6.33 Å². The Bertz CT molecular complexity index is 551. The zero-order chi connectivity index (χ0) is 10.1. The smallest absolute Gasteiger partial charge is 0.116 e. The first-order valence-corrected chi connectivity index (χ1v) is 4.77. The first kappa shape index (κ1) is 8.17. The molecule has 72 valence electrons. The molecule has 1 N–H and O–H groups in total. The quantitative estimate of drug-likeness (QED) is 0.648. The van der Waals surface area contributed by atoms with Crippen molar-refractivity contribution in [1.29, 1.82) is 0 Å². The lowest BCUT2D eigenvalue weighted by molar-refractivity contribution is 1.16. The number of nitrogens with zero attached hydrogens (tertiary/aromatic N) is 2. The predicted molar refractivity (Wildman–Crippen MR) is 59.3 cm³/mol. The van der Waals surface area contributed by atoms with E-state index in [0.29, 0.717) is 0 Å². The Morgan fingerprint density at radius 3 is 2.80 bits per heavy atom. The molecule has 3 heteroatoms. The number of aromatic amines is 1. The highest BCUT2D eigenvalue weighted by molar-refractivity contribution is 5.84. The molecule has 0 radical (unpaired) electrons. The van der Waals surface area contributed by atoms with Crippen LogP contribution in [0, 0.1) is 0 Å². The third kappa shape index (κ3) is 1.38. The van der Waals surface area contributed by atoms with Crippen LogP contribution < -0.4 is 0 Å². The van der Waals surface area contributed by atoms with Crippen LogP contribution in [0.2, 0.25) is 0 Å². The van der Waals surface area contributed by atoms with Crippen LogP contribution in [-0.2, 0) is 0 Å². The number of nitrogens with one attached hydrogen (secondary N) is 1. The molecule has 2 aromatic heterocycles. The molecule has 0 fully saturated rings. The van der Waals surface area contributed by atoms with Gasteiger partial charge in [0.05, 0.1) is 11.4 Å². The van der Waals surface area contributed by atoms with Gasteiger partial charge in [0.2, 0.25) is 0 Å². The number of para-hydroxylation sites is 1. The van der Waals surface area contributed by atoms with Crippen molar-refractivity contribution in [2.24, 2.45) is 0 Å². The van der Waals surface area contributed by atoms with Gasteiger partial charge in [0.25, 0.3) is 0 Å². The summed E-state index contributed by atoms with van der Waals surface area (Å²) in [4.78, 5) is 11.4. The Morgan fingerprint density at radius 2 is 2.00 bits per heavy atom. The van der Waals surface area contributed by atoms with Gasteiger partial charge < -0.3 is 4.98 Å². The van der Waals surface area contributed by atoms with E-state index in [2.05, 4.69) is 33.2 Å². The van der Waals surface area contributed by atoms with E-state index in [4.69, 9.17) is 0 Å². The molecule has 0 saturated carbocycles. The molecule has 0 aliphatic carbocycles. The molecule has 0 amide bonds. The van der Waals surface area contributed by atoms with Gasteiger partial charge in [-0.2, -0.15) is 0 Å². The van der Waals surface area contributed by atoms with E-state index in [1.165, 1.54) is 5.39 Å². The molecule has 0 spiro atoms. The maximum absolute atomic E-state index is 4.20. The summed E-state index contributed by atoms with van der Waals surface area (Å²) in [6.45, 7) is 0. The molecule has 0 atom stereocenters. The van der Waals surface area contributed by atoms with Crippen molar-refractivity contribution < 1.29 is 0 Å². The molecule has 0 saturated heterocycles. The highest BCUT2D eigenvalue weighted by Gasteiger charge is 2.02. The van der Waals surface area contributed by atoms with Gasteiger partial charge in [-0.15, -0.1) is 0 Å². The zero-order valence-corrected chi connectivity index (χ0v) is 8.01. The molecular formula is C12H9N3. The average molecular weight is 195 g/mol. The molecule has 0 bridgehead atoms. The van der Waals surface area contributed by atoms with E-state index >= 15 is 0 Å². The molecule has 3 rings (SSSR count). The molecular weight excluding hydrogens is 186 g/mol. The Balaban J connectivity index is 2.21. The van der Waals surface area contributed by atoms with Crippen molar-refractivity contribution in [3.63, 3.8) is 0 Å². The largest absolute Gasteiger partial charge is 0.353 e. The number of fused-ring (bicyclic) bond motifs is 1. The number of benzene rings is 1. The van der Waals surface area contributed by atoms with Crippen molar-refractivity contribution in [1.82, 2.24) is 15.0 Å². The number of hydrogen-bond donors (Lipinski definition) is 1. The number of hydrogen-bond acceptors (Lipinski definition) is 2. The number of aromatic nitrogens is 3. The van der Waals surface area contributed by atoms with Crippen molar-refractivity contribution in [2.75, 3.05) is 0 Å². The minimum atomic E-state index is 0.918. The van der Waals surface area contributed by atoms with Gasteiger partial charge >= 0.3 is 0 Å². The van der Waals surface area contributed by atoms with Crippen LogP contribution in [0.4, 0.5) is 0 Å². The van der Waals surface area contributed by atoms with Crippen LogP contribution >= 0.6 is 0 Å². The molecule has 0 aliphatic heterocycles. The fraction of sp³-hybridized carbons (Fsp3) is 0. The molecule has 1 aromatic carbocycles. The predicted octanol–water partition coefficient (Wildman–Crippen LogP) is 2.62. The summed E-state index contributed by atoms with van der Waals surface area (Å²) in [6, 6.07) is 12.2. The number of rotatable bonds is 1. The second kappa shape index (κ2) is 3.20. The van der Waals surface area contributed by atoms with Gasteiger partial charge in [-0.3, -0.25) is 0 Å². The highest BCUT2D eigenvalue weighted by atomic mass is 14.8. The van der Waals surface area contributed by atoms with E-state index in [1.807, 2.05) is 18.2 Å². The van der Waals surface area contributed by atoms with Crippen LogP contribution in [0.15, 0.2) is 48.9 Å². The number of H-pyrrole nitrogens is 1. The van der Waals surface area contributed by atoms with E-state index in [-0.39, 0.29) is 0 Å². The SMILES string of the molecule is c1ccc2[nH]c(-c3ccncn3)cc2c1. The maximum Gasteiger partial charge on any atom is 0.116 e. The molecule has 3 nitrogen and oxygen atoms in total. The second-order valence-electron chi connectivity index (χ2n) is 3.36. The first-order chi connectivity index (χ1) is 7.43. The van der Waals surface area contributed by atoms with Crippen molar-refractivity contribution >= 4 is 10.9 Å². The fourth-order valence-corrected chi connectivity index (χ4v) is 1.66. The summed E-state index contributed by atoms with van der Waals surface area (Å²) in [5, 5.41) is 1.20. The summed E-state index contributed by atoms with van der Waals surface area (Å²) in [6.07, 6.45) is 3.30. The van der Waals surface area contributed by atoms with Crippen LogP contribution in [0.25, 0.3) is 22.3 Å². The molecule has 15 heavy (non-hydrogen) atoms. The van der Waals surface area contributed by atoms with Crippen molar-refractivity contribution in [3.8, 4) is 11.4 Å². The van der Waals surface area contributed by atoms with E-state index in [0.717, 1.165) is 16.9 Å². The van der Waals surface area contributed by atoms with Crippen LogP contribution in [0.1, 0.15) is 0 Å². The maximum atomic E-state index is 4.20. The summed E-state index contributed by atoms with van der Waals surface area (Å²) in [7, 11) is 0. The van der Waals surface area contributed by atoms with Crippen LogP contribution in [0.5, 0.6) is 0 Å². The summed E-state index contributed by atoms with van der Waals surface area (Å²) in [5.41, 5.74) is 3.07. The standard InChI is InChI=1S/C12H9N3/c1-2-4-10-9(3-1)7-12(15-10)11-5-6-13-8-14-11/h1-8,15H. The average Bonchev–Trinajstić information content (AvgIpc) is 2.74. The Hall–Kier alpha value is -2.16. The lowest BCUT2D eigenvalue weighted by atomic mass is 10.2. The zero-order valence-electron chi connectivity index (χ0n) is 8.01. The lowest BCUT2D eigenvalue weighted by Crippen LogP contribution is -1.82. The van der Waals surface area contributed by atoms with Gasteiger partial charge in [0, 0.05) is 17.1 Å². The van der Waals surface area contributed by atoms with E-state index < -0.39 is 0 Å².